The molecule has 29 heavy (non-hydrogen) atoms. The van der Waals surface area contributed by atoms with Gasteiger partial charge in [0.2, 0.25) is 0 Å². The maximum absolute atomic E-state index is 12.3. The standard InChI is InChI=1S/C22H23N5O2/c1-14-12-17-18(13-15(14)2)27(20-19(24-17)21(28)26-22(29)25-20)11-10-23-9-8-16-6-4-3-5-7-16/h3-7,12-13,23H,8-11H2,1-2H3,(H,26,28,29). The van der Waals surface area contributed by atoms with E-state index in [1.807, 2.05) is 48.7 Å². The third kappa shape index (κ3) is 3.95. The highest BCUT2D eigenvalue weighted by Crippen LogP contribution is 2.23. The minimum absolute atomic E-state index is 0.185. The van der Waals surface area contributed by atoms with Crippen LogP contribution in [0.25, 0.3) is 22.6 Å². The Kier molecular flexibility index (Phi) is 5.22. The Labute approximate surface area is 167 Å². The number of fused-ring (bicyclic) bond motifs is 2. The summed E-state index contributed by atoms with van der Waals surface area (Å²) >= 11 is 0. The molecule has 2 heterocycles. The summed E-state index contributed by atoms with van der Waals surface area (Å²) in [5.74, 6) is 0.319. The summed E-state index contributed by atoms with van der Waals surface area (Å²) in [4.78, 5) is 34.9. The van der Waals surface area contributed by atoms with Crippen molar-refractivity contribution in [2.24, 2.45) is 0 Å². The van der Waals surface area contributed by atoms with Crippen LogP contribution in [-0.2, 0) is 13.0 Å². The maximum atomic E-state index is 12.3. The van der Waals surface area contributed by atoms with E-state index in [9.17, 15) is 9.59 Å². The summed E-state index contributed by atoms with van der Waals surface area (Å²) in [5, 5.41) is 3.43. The van der Waals surface area contributed by atoms with Gasteiger partial charge in [-0.25, -0.2) is 9.78 Å². The first-order valence-electron chi connectivity index (χ1n) is 9.69. The van der Waals surface area contributed by atoms with E-state index in [4.69, 9.17) is 0 Å². The van der Waals surface area contributed by atoms with Gasteiger partial charge in [0.1, 0.15) is 0 Å². The van der Waals surface area contributed by atoms with Crippen LogP contribution in [0.15, 0.2) is 52.1 Å². The van der Waals surface area contributed by atoms with Gasteiger partial charge < -0.3 is 9.88 Å². The summed E-state index contributed by atoms with van der Waals surface area (Å²) in [7, 11) is 0. The van der Waals surface area contributed by atoms with Crippen LogP contribution >= 0.6 is 0 Å². The van der Waals surface area contributed by atoms with E-state index in [-0.39, 0.29) is 5.69 Å². The molecule has 0 amide bonds. The highest BCUT2D eigenvalue weighted by molar-refractivity contribution is 5.81. The van der Waals surface area contributed by atoms with Crippen molar-refractivity contribution in [3.63, 3.8) is 0 Å². The van der Waals surface area contributed by atoms with E-state index >= 15 is 0 Å². The van der Waals surface area contributed by atoms with Crippen molar-refractivity contribution in [1.29, 1.82) is 0 Å². The van der Waals surface area contributed by atoms with E-state index < -0.39 is 11.2 Å². The minimum atomic E-state index is -0.654. The second-order valence-corrected chi connectivity index (χ2v) is 7.22. The first-order chi connectivity index (χ1) is 14.0. The molecular formula is C22H23N5O2. The van der Waals surface area contributed by atoms with Crippen molar-refractivity contribution >= 4 is 11.0 Å². The molecular weight excluding hydrogens is 366 g/mol. The van der Waals surface area contributed by atoms with E-state index in [1.54, 1.807) is 0 Å². The number of benzene rings is 2. The summed E-state index contributed by atoms with van der Waals surface area (Å²) in [6.07, 6.45) is 0.935. The van der Waals surface area contributed by atoms with Crippen LogP contribution < -0.4 is 16.6 Å². The molecule has 2 aliphatic rings. The van der Waals surface area contributed by atoms with Gasteiger partial charge in [-0.3, -0.25) is 9.78 Å². The van der Waals surface area contributed by atoms with Crippen molar-refractivity contribution < 1.29 is 0 Å². The Morgan fingerprint density at radius 1 is 1.00 bits per heavy atom. The first kappa shape index (κ1) is 19.0. The number of aromatic nitrogens is 4. The zero-order valence-electron chi connectivity index (χ0n) is 16.5. The normalized spacial score (nSPS) is 11.4. The number of nitrogens with one attached hydrogen (secondary N) is 2. The molecule has 2 aliphatic heterocycles. The Morgan fingerprint density at radius 2 is 1.76 bits per heavy atom. The second-order valence-electron chi connectivity index (χ2n) is 7.22. The molecule has 0 aliphatic carbocycles. The fourth-order valence-corrected chi connectivity index (χ4v) is 3.47. The molecule has 0 saturated carbocycles. The number of aryl methyl sites for hydroxylation is 2. The van der Waals surface area contributed by atoms with Gasteiger partial charge in [-0.2, -0.15) is 4.98 Å². The topological polar surface area (TPSA) is 92.7 Å². The van der Waals surface area contributed by atoms with Gasteiger partial charge in [0.05, 0.1) is 11.0 Å². The third-order valence-corrected chi connectivity index (χ3v) is 5.17. The molecule has 7 nitrogen and oxygen atoms in total. The largest absolute Gasteiger partial charge is 0.349 e. The van der Waals surface area contributed by atoms with Crippen molar-refractivity contribution in [2.45, 2.75) is 26.8 Å². The van der Waals surface area contributed by atoms with E-state index in [0.29, 0.717) is 18.9 Å². The minimum Gasteiger partial charge on any atom is -0.321 e. The van der Waals surface area contributed by atoms with E-state index in [0.717, 1.165) is 35.1 Å². The average Bonchev–Trinajstić information content (AvgIpc) is 2.70. The van der Waals surface area contributed by atoms with Crippen LogP contribution in [0.3, 0.4) is 0 Å². The quantitative estimate of drug-likeness (QED) is 0.389. The van der Waals surface area contributed by atoms with Crippen molar-refractivity contribution in [2.75, 3.05) is 13.1 Å². The lowest BCUT2D eigenvalue weighted by Crippen LogP contribution is -2.30. The lowest BCUT2D eigenvalue weighted by Gasteiger charge is -2.18. The fraction of sp³-hybridized carbons (Fsp3) is 0.273. The van der Waals surface area contributed by atoms with Gasteiger partial charge in [0.25, 0.3) is 5.56 Å². The molecule has 0 atom stereocenters. The van der Waals surface area contributed by atoms with Crippen molar-refractivity contribution in [3.8, 4) is 11.5 Å². The Bertz CT molecular complexity index is 1240. The predicted molar refractivity (Wildman–Crippen MR) is 114 cm³/mol. The molecule has 2 aromatic rings. The van der Waals surface area contributed by atoms with Crippen LogP contribution in [0.2, 0.25) is 0 Å². The molecule has 0 saturated heterocycles. The number of aromatic amines is 1. The summed E-state index contributed by atoms with van der Waals surface area (Å²) in [6, 6.07) is 14.3. The molecule has 0 bridgehead atoms. The Morgan fingerprint density at radius 3 is 2.55 bits per heavy atom. The molecule has 0 aromatic heterocycles. The highest BCUT2D eigenvalue weighted by Gasteiger charge is 2.18. The molecule has 4 rings (SSSR count). The average molecular weight is 389 g/mol. The SMILES string of the molecule is Cc1cc2nc3c(=O)[nH]c(=O)nc-3n(CCNCCc3ccccc3)c2cc1C. The van der Waals surface area contributed by atoms with Gasteiger partial charge in [0.15, 0.2) is 11.5 Å². The van der Waals surface area contributed by atoms with Crippen LogP contribution in [0.5, 0.6) is 0 Å². The van der Waals surface area contributed by atoms with Gasteiger partial charge >= 0.3 is 5.69 Å². The van der Waals surface area contributed by atoms with Crippen LogP contribution in [0.1, 0.15) is 16.7 Å². The summed E-state index contributed by atoms with van der Waals surface area (Å²) in [6.45, 7) is 6.14. The number of rotatable bonds is 6. The lowest BCUT2D eigenvalue weighted by atomic mass is 10.1. The first-order valence-corrected chi connectivity index (χ1v) is 9.69. The van der Waals surface area contributed by atoms with Gasteiger partial charge in [-0.1, -0.05) is 30.3 Å². The Hall–Kier alpha value is -3.32. The molecule has 148 valence electrons. The summed E-state index contributed by atoms with van der Waals surface area (Å²) < 4.78 is 1.91. The number of hydrogen-bond donors (Lipinski definition) is 2. The zero-order valence-corrected chi connectivity index (χ0v) is 16.5. The second kappa shape index (κ2) is 7.97. The summed E-state index contributed by atoms with van der Waals surface area (Å²) in [5.41, 5.74) is 4.11. The maximum Gasteiger partial charge on any atom is 0.349 e. The van der Waals surface area contributed by atoms with Crippen LogP contribution in [0, 0.1) is 13.8 Å². The van der Waals surface area contributed by atoms with E-state index in [1.165, 1.54) is 5.56 Å². The van der Waals surface area contributed by atoms with Crippen molar-refractivity contribution in [3.05, 3.63) is 80.0 Å². The fourth-order valence-electron chi connectivity index (χ4n) is 3.47. The molecule has 0 unspecified atom stereocenters. The van der Waals surface area contributed by atoms with E-state index in [2.05, 4.69) is 32.4 Å². The molecule has 0 spiro atoms. The Balaban J connectivity index is 1.64. The zero-order chi connectivity index (χ0) is 20.4. The van der Waals surface area contributed by atoms with Crippen molar-refractivity contribution in [1.82, 2.24) is 24.8 Å². The lowest BCUT2D eigenvalue weighted by molar-refractivity contribution is 0.603. The highest BCUT2D eigenvalue weighted by atomic mass is 16.2. The molecule has 0 fully saturated rings. The third-order valence-electron chi connectivity index (χ3n) is 5.17. The number of hydrogen-bond acceptors (Lipinski definition) is 5. The molecule has 2 N–H and O–H groups in total. The van der Waals surface area contributed by atoms with Crippen LogP contribution in [0.4, 0.5) is 0 Å². The van der Waals surface area contributed by atoms with Gasteiger partial charge in [-0.05, 0) is 55.6 Å². The number of H-pyrrole nitrogens is 1. The molecule has 7 heteroatoms. The predicted octanol–water partition coefficient (Wildman–Crippen LogP) is 2.03. The van der Waals surface area contributed by atoms with Gasteiger partial charge in [-0.15, -0.1) is 0 Å². The number of nitrogens with zero attached hydrogens (tertiary/aromatic N) is 3. The van der Waals surface area contributed by atoms with Crippen LogP contribution in [-0.4, -0.2) is 32.6 Å². The molecule has 2 aromatic carbocycles. The smallest absolute Gasteiger partial charge is 0.321 e. The monoisotopic (exact) mass is 389 g/mol. The molecule has 0 radical (unpaired) electrons. The van der Waals surface area contributed by atoms with Gasteiger partial charge in [0, 0.05) is 13.1 Å².